The first kappa shape index (κ1) is 13.8. The average Bonchev–Trinajstić information content (AvgIpc) is 3.04. The van der Waals surface area contributed by atoms with Crippen molar-refractivity contribution in [1.82, 2.24) is 15.1 Å². The van der Waals surface area contributed by atoms with Crippen LogP contribution in [0.2, 0.25) is 0 Å². The first-order valence-corrected chi connectivity index (χ1v) is 7.48. The molecule has 3 aliphatic heterocycles. The van der Waals surface area contributed by atoms with Crippen molar-refractivity contribution >= 4 is 11.9 Å². The van der Waals surface area contributed by atoms with Gasteiger partial charge in [-0.15, -0.1) is 0 Å². The van der Waals surface area contributed by atoms with Crippen molar-refractivity contribution < 1.29 is 14.3 Å². The van der Waals surface area contributed by atoms with Crippen LogP contribution in [0.25, 0.3) is 0 Å². The first-order chi connectivity index (χ1) is 9.52. The summed E-state index contributed by atoms with van der Waals surface area (Å²) in [6, 6.07) is -0.324. The Morgan fingerprint density at radius 2 is 2.25 bits per heavy atom. The van der Waals surface area contributed by atoms with Gasteiger partial charge in [-0.3, -0.25) is 14.6 Å². The molecule has 6 nitrogen and oxygen atoms in total. The normalized spacial score (nSPS) is 34.8. The number of rotatable bonds is 3. The predicted molar refractivity (Wildman–Crippen MR) is 73.2 cm³/mol. The molecule has 112 valence electrons. The number of nitrogens with one attached hydrogen (secondary N) is 1. The molecular formula is C14H23N3O3. The van der Waals surface area contributed by atoms with Gasteiger partial charge in [0.2, 0.25) is 0 Å². The number of ether oxygens (including phenoxy) is 1. The first-order valence-electron chi connectivity index (χ1n) is 7.48. The van der Waals surface area contributed by atoms with Crippen molar-refractivity contribution in [3.8, 4) is 0 Å². The molecule has 1 N–H and O–H groups in total. The van der Waals surface area contributed by atoms with Gasteiger partial charge in [0.05, 0.1) is 6.61 Å². The Morgan fingerprint density at radius 3 is 2.85 bits per heavy atom. The van der Waals surface area contributed by atoms with Crippen LogP contribution in [0.3, 0.4) is 0 Å². The summed E-state index contributed by atoms with van der Waals surface area (Å²) in [5.41, 5.74) is -0.680. The van der Waals surface area contributed by atoms with Gasteiger partial charge in [0.1, 0.15) is 5.54 Å². The van der Waals surface area contributed by atoms with E-state index in [-0.39, 0.29) is 18.0 Å². The summed E-state index contributed by atoms with van der Waals surface area (Å²) in [5, 5.41) is 2.93. The summed E-state index contributed by atoms with van der Waals surface area (Å²) >= 11 is 0. The minimum atomic E-state index is -0.680. The third-order valence-corrected chi connectivity index (χ3v) is 4.60. The number of imide groups is 1. The zero-order valence-corrected chi connectivity index (χ0v) is 12.2. The number of carbonyl (C=O) groups excluding carboxylic acids is 2. The molecule has 20 heavy (non-hydrogen) atoms. The Kier molecular flexibility index (Phi) is 3.46. The third kappa shape index (κ3) is 2.20. The molecule has 0 aromatic rings. The van der Waals surface area contributed by atoms with Crippen LogP contribution in [0, 0.1) is 5.92 Å². The van der Waals surface area contributed by atoms with Gasteiger partial charge in [-0.1, -0.05) is 0 Å². The van der Waals surface area contributed by atoms with Crippen LogP contribution in [-0.4, -0.2) is 66.2 Å². The lowest BCUT2D eigenvalue weighted by atomic mass is 9.98. The largest absolute Gasteiger partial charge is 0.381 e. The quantitative estimate of drug-likeness (QED) is 0.762. The van der Waals surface area contributed by atoms with Crippen molar-refractivity contribution in [1.29, 1.82) is 0 Å². The maximum atomic E-state index is 12.6. The second-order valence-corrected chi connectivity index (χ2v) is 6.50. The lowest BCUT2D eigenvalue weighted by Crippen LogP contribution is -2.50. The molecule has 6 heteroatoms. The molecule has 2 atom stereocenters. The number of nitrogens with zero attached hydrogens (tertiary/aromatic N) is 2. The van der Waals surface area contributed by atoms with Gasteiger partial charge in [0.25, 0.3) is 5.91 Å². The zero-order chi connectivity index (χ0) is 14.3. The highest BCUT2D eigenvalue weighted by Crippen LogP contribution is 2.30. The molecule has 1 spiro atoms. The van der Waals surface area contributed by atoms with Crippen LogP contribution in [0.15, 0.2) is 0 Å². The maximum Gasteiger partial charge on any atom is 0.325 e. The van der Waals surface area contributed by atoms with Crippen LogP contribution < -0.4 is 5.32 Å². The number of urea groups is 1. The van der Waals surface area contributed by atoms with E-state index >= 15 is 0 Å². The number of carbonyl (C=O) groups is 2. The van der Waals surface area contributed by atoms with Crippen molar-refractivity contribution in [2.75, 3.05) is 32.8 Å². The van der Waals surface area contributed by atoms with Crippen molar-refractivity contribution in [2.24, 2.45) is 5.92 Å². The van der Waals surface area contributed by atoms with E-state index in [0.717, 1.165) is 32.7 Å². The second kappa shape index (κ2) is 5.00. The Balaban J connectivity index is 1.66. The van der Waals surface area contributed by atoms with Crippen LogP contribution in [0.1, 0.15) is 26.7 Å². The van der Waals surface area contributed by atoms with E-state index in [1.807, 2.05) is 13.8 Å². The molecule has 0 radical (unpaired) electrons. The average molecular weight is 281 g/mol. The highest BCUT2D eigenvalue weighted by atomic mass is 16.5. The molecule has 3 aliphatic rings. The summed E-state index contributed by atoms with van der Waals surface area (Å²) in [6.07, 6.45) is 1.82. The summed E-state index contributed by atoms with van der Waals surface area (Å²) in [4.78, 5) is 28.2. The monoisotopic (exact) mass is 281 g/mol. The maximum absolute atomic E-state index is 12.6. The van der Waals surface area contributed by atoms with E-state index in [0.29, 0.717) is 18.9 Å². The van der Waals surface area contributed by atoms with E-state index in [1.54, 1.807) is 0 Å². The Labute approximate surface area is 119 Å². The highest BCUT2D eigenvalue weighted by Gasteiger charge is 2.55. The molecule has 0 aromatic carbocycles. The Bertz CT molecular complexity index is 420. The van der Waals surface area contributed by atoms with Crippen molar-refractivity contribution in [3.05, 3.63) is 0 Å². The fraction of sp³-hybridized carbons (Fsp3) is 0.857. The van der Waals surface area contributed by atoms with E-state index in [2.05, 4.69) is 10.2 Å². The number of hydrogen-bond donors (Lipinski definition) is 1. The van der Waals surface area contributed by atoms with E-state index in [9.17, 15) is 9.59 Å². The zero-order valence-electron chi connectivity index (χ0n) is 12.2. The standard InChI is InChI=1S/C14H23N3O3/c1-10(2)17-12(18)14(15-13(17)19)4-5-16(9-14)7-11-3-6-20-8-11/h10-11H,3-9H2,1-2H3,(H,15,19)/t11-,14-/m0/s1. The van der Waals surface area contributed by atoms with Gasteiger partial charge in [-0.05, 0) is 32.6 Å². The molecule has 0 saturated carbocycles. The van der Waals surface area contributed by atoms with Crippen LogP contribution in [0.5, 0.6) is 0 Å². The lowest BCUT2D eigenvalue weighted by molar-refractivity contribution is -0.132. The molecule has 0 bridgehead atoms. The van der Waals surface area contributed by atoms with Gasteiger partial charge in [-0.25, -0.2) is 4.79 Å². The number of hydrogen-bond acceptors (Lipinski definition) is 4. The fourth-order valence-corrected chi connectivity index (χ4v) is 3.52. The van der Waals surface area contributed by atoms with Gasteiger partial charge in [0.15, 0.2) is 0 Å². The minimum absolute atomic E-state index is 0.0531. The van der Waals surface area contributed by atoms with Gasteiger partial charge < -0.3 is 10.1 Å². The van der Waals surface area contributed by atoms with E-state index < -0.39 is 5.54 Å². The van der Waals surface area contributed by atoms with Crippen molar-refractivity contribution in [2.45, 2.75) is 38.3 Å². The van der Waals surface area contributed by atoms with Gasteiger partial charge in [0, 0.05) is 32.3 Å². The Hall–Kier alpha value is -1.14. The van der Waals surface area contributed by atoms with Crippen molar-refractivity contribution in [3.63, 3.8) is 0 Å². The lowest BCUT2D eigenvalue weighted by Gasteiger charge is -2.24. The molecule has 3 saturated heterocycles. The Morgan fingerprint density at radius 1 is 1.45 bits per heavy atom. The fourth-order valence-electron chi connectivity index (χ4n) is 3.52. The molecule has 3 rings (SSSR count). The smallest absolute Gasteiger partial charge is 0.325 e. The molecule has 3 fully saturated rings. The molecule has 0 aliphatic carbocycles. The molecule has 3 heterocycles. The third-order valence-electron chi connectivity index (χ3n) is 4.60. The van der Waals surface area contributed by atoms with Crippen LogP contribution in [-0.2, 0) is 9.53 Å². The molecule has 0 unspecified atom stereocenters. The minimum Gasteiger partial charge on any atom is -0.381 e. The molecular weight excluding hydrogens is 258 g/mol. The molecule has 0 aromatic heterocycles. The second-order valence-electron chi connectivity index (χ2n) is 6.50. The van der Waals surface area contributed by atoms with E-state index in [4.69, 9.17) is 4.74 Å². The summed E-state index contributed by atoms with van der Waals surface area (Å²) in [6.45, 7) is 7.89. The predicted octanol–water partition coefficient (Wildman–Crippen LogP) is 0.428. The molecule has 3 amide bonds. The van der Waals surface area contributed by atoms with Gasteiger partial charge >= 0.3 is 6.03 Å². The summed E-state index contributed by atoms with van der Waals surface area (Å²) < 4.78 is 5.40. The van der Waals surface area contributed by atoms with E-state index in [1.165, 1.54) is 4.90 Å². The number of amides is 3. The highest BCUT2D eigenvalue weighted by molar-refractivity contribution is 6.07. The van der Waals surface area contributed by atoms with Gasteiger partial charge in [-0.2, -0.15) is 0 Å². The van der Waals surface area contributed by atoms with Crippen LogP contribution >= 0.6 is 0 Å². The van der Waals surface area contributed by atoms with Crippen LogP contribution in [0.4, 0.5) is 4.79 Å². The topological polar surface area (TPSA) is 61.9 Å². The summed E-state index contributed by atoms with van der Waals surface area (Å²) in [5.74, 6) is 0.515. The summed E-state index contributed by atoms with van der Waals surface area (Å²) in [7, 11) is 0. The SMILES string of the molecule is CC(C)N1C(=O)N[C@]2(CCN(C[C@@H]3CCOC3)C2)C1=O. The number of likely N-dealkylation sites (tertiary alicyclic amines) is 1.